The van der Waals surface area contributed by atoms with E-state index in [9.17, 15) is 9.59 Å². The van der Waals surface area contributed by atoms with Crippen molar-refractivity contribution in [2.75, 3.05) is 13.1 Å². The molecule has 1 aromatic rings. The van der Waals surface area contributed by atoms with Gasteiger partial charge in [0.05, 0.1) is 6.04 Å². The molecule has 2 amide bonds. The first-order valence-electron chi connectivity index (χ1n) is 9.96. The Hall–Kier alpha value is -2.10. The van der Waals surface area contributed by atoms with E-state index in [4.69, 9.17) is 0 Å². The smallest absolute Gasteiger partial charge is 0.224 e. The highest BCUT2D eigenvalue weighted by atomic mass is 16.2. The molecule has 1 aromatic carbocycles. The van der Waals surface area contributed by atoms with E-state index in [0.717, 1.165) is 19.4 Å². The first-order valence-corrected chi connectivity index (χ1v) is 9.96. The van der Waals surface area contributed by atoms with Crippen molar-refractivity contribution in [1.29, 1.82) is 0 Å². The zero-order valence-corrected chi connectivity index (χ0v) is 15.1. The predicted octanol–water partition coefficient (Wildman–Crippen LogP) is 2.55. The quantitative estimate of drug-likeness (QED) is 0.830. The highest BCUT2D eigenvalue weighted by Gasteiger charge is 2.64. The van der Waals surface area contributed by atoms with Crippen molar-refractivity contribution in [3.8, 4) is 0 Å². The number of amides is 2. The minimum absolute atomic E-state index is 0.0240. The maximum absolute atomic E-state index is 12.8. The van der Waals surface area contributed by atoms with Crippen LogP contribution >= 0.6 is 0 Å². The van der Waals surface area contributed by atoms with Gasteiger partial charge in [0.15, 0.2) is 0 Å². The number of rotatable bonds is 5. The van der Waals surface area contributed by atoms with Gasteiger partial charge in [0.25, 0.3) is 0 Å². The molecule has 1 N–H and O–H groups in total. The Kier molecular flexibility index (Phi) is 3.70. The molecule has 1 aliphatic heterocycles. The number of hydrogen-bond acceptors (Lipinski definition) is 2. The standard InChI is InChI=1S/C22H26N2O2/c25-20-13-17(14-24(20)11-8-15-4-2-1-3-5-15)23-21(26)18-12-16-6-7-19(18)22(16)9-10-22/h1-7,16-19H,8-14H2,(H,23,26). The lowest BCUT2D eigenvalue weighted by Crippen LogP contribution is -2.42. The van der Waals surface area contributed by atoms with Crippen molar-refractivity contribution in [3.05, 3.63) is 48.0 Å². The minimum atomic E-state index is -0.0240. The molecule has 136 valence electrons. The van der Waals surface area contributed by atoms with Gasteiger partial charge >= 0.3 is 0 Å². The van der Waals surface area contributed by atoms with Gasteiger partial charge < -0.3 is 10.2 Å². The number of hydrogen-bond donors (Lipinski definition) is 1. The van der Waals surface area contributed by atoms with Crippen LogP contribution in [0.2, 0.25) is 0 Å². The summed E-state index contributed by atoms with van der Waals surface area (Å²) in [7, 11) is 0. The summed E-state index contributed by atoms with van der Waals surface area (Å²) in [4.78, 5) is 27.0. The van der Waals surface area contributed by atoms with Crippen molar-refractivity contribution in [1.82, 2.24) is 10.2 Å². The summed E-state index contributed by atoms with van der Waals surface area (Å²) < 4.78 is 0. The van der Waals surface area contributed by atoms with Crippen molar-refractivity contribution in [2.24, 2.45) is 23.2 Å². The summed E-state index contributed by atoms with van der Waals surface area (Å²) in [6.45, 7) is 1.38. The van der Waals surface area contributed by atoms with Gasteiger partial charge in [-0.3, -0.25) is 9.59 Å². The SMILES string of the molecule is O=C(NC1CC(=O)N(CCc2ccccc2)C1)C1CC2C=CC1C21CC1. The first kappa shape index (κ1) is 16.1. The molecule has 26 heavy (non-hydrogen) atoms. The Balaban J connectivity index is 1.15. The molecule has 4 heteroatoms. The molecule has 0 aromatic heterocycles. The van der Waals surface area contributed by atoms with Crippen LogP contribution in [0.4, 0.5) is 0 Å². The van der Waals surface area contributed by atoms with E-state index in [2.05, 4.69) is 29.6 Å². The number of likely N-dealkylation sites (tertiary alicyclic amines) is 1. The largest absolute Gasteiger partial charge is 0.351 e. The van der Waals surface area contributed by atoms with E-state index < -0.39 is 0 Å². The summed E-state index contributed by atoms with van der Waals surface area (Å²) >= 11 is 0. The van der Waals surface area contributed by atoms with Gasteiger partial charge in [-0.25, -0.2) is 0 Å². The number of nitrogens with zero attached hydrogens (tertiary/aromatic N) is 1. The van der Waals surface area contributed by atoms with Crippen LogP contribution in [0.25, 0.3) is 0 Å². The Morgan fingerprint density at radius 1 is 1.19 bits per heavy atom. The third-order valence-electron chi connectivity index (χ3n) is 7.13. The number of nitrogens with one attached hydrogen (secondary N) is 1. The highest BCUT2D eigenvalue weighted by Crippen LogP contribution is 2.70. The molecule has 3 aliphatic carbocycles. The zero-order chi connectivity index (χ0) is 17.7. The lowest BCUT2D eigenvalue weighted by atomic mass is 9.88. The minimum Gasteiger partial charge on any atom is -0.351 e. The Morgan fingerprint density at radius 3 is 2.73 bits per heavy atom. The first-order chi connectivity index (χ1) is 12.7. The molecule has 4 aliphatic rings. The zero-order valence-electron chi connectivity index (χ0n) is 15.1. The van der Waals surface area contributed by atoms with Crippen molar-refractivity contribution < 1.29 is 9.59 Å². The Morgan fingerprint density at radius 2 is 2.00 bits per heavy atom. The summed E-state index contributed by atoms with van der Waals surface area (Å²) in [5.74, 6) is 1.53. The average molecular weight is 350 g/mol. The van der Waals surface area contributed by atoms with Gasteiger partial charge in [-0.15, -0.1) is 0 Å². The van der Waals surface area contributed by atoms with Gasteiger partial charge in [0.2, 0.25) is 11.8 Å². The second-order valence-electron chi connectivity index (χ2n) is 8.58. The molecule has 1 saturated heterocycles. The summed E-state index contributed by atoms with van der Waals surface area (Å²) in [5, 5.41) is 3.19. The molecule has 3 fully saturated rings. The second kappa shape index (κ2) is 5.97. The fourth-order valence-electron chi connectivity index (χ4n) is 5.57. The molecular weight excluding hydrogens is 324 g/mol. The van der Waals surface area contributed by atoms with Crippen LogP contribution in [0.5, 0.6) is 0 Å². The van der Waals surface area contributed by atoms with Crippen molar-refractivity contribution >= 4 is 11.8 Å². The monoisotopic (exact) mass is 350 g/mol. The predicted molar refractivity (Wildman–Crippen MR) is 99.2 cm³/mol. The molecular formula is C22H26N2O2. The fourth-order valence-corrected chi connectivity index (χ4v) is 5.57. The van der Waals surface area contributed by atoms with Crippen LogP contribution in [0.15, 0.2) is 42.5 Å². The normalized spacial score (nSPS) is 33.2. The van der Waals surface area contributed by atoms with Crippen molar-refractivity contribution in [3.63, 3.8) is 0 Å². The molecule has 4 nitrogen and oxygen atoms in total. The summed E-state index contributed by atoms with van der Waals surface area (Å²) in [6.07, 6.45) is 9.52. The van der Waals surface area contributed by atoms with Crippen LogP contribution in [0.3, 0.4) is 0 Å². The van der Waals surface area contributed by atoms with E-state index >= 15 is 0 Å². The second-order valence-corrected chi connectivity index (χ2v) is 8.58. The van der Waals surface area contributed by atoms with E-state index in [1.807, 2.05) is 23.1 Å². The van der Waals surface area contributed by atoms with Gasteiger partial charge in [-0.2, -0.15) is 0 Å². The van der Waals surface area contributed by atoms with Crippen LogP contribution in [0, 0.1) is 23.2 Å². The number of allylic oxidation sites excluding steroid dienone is 2. The lowest BCUT2D eigenvalue weighted by Gasteiger charge is -2.22. The topological polar surface area (TPSA) is 49.4 Å². The number of carbonyl (C=O) groups excluding carboxylic acids is 2. The third-order valence-corrected chi connectivity index (χ3v) is 7.13. The maximum Gasteiger partial charge on any atom is 0.224 e. The number of benzene rings is 1. The van der Waals surface area contributed by atoms with Gasteiger partial charge in [-0.1, -0.05) is 42.5 Å². The molecule has 4 atom stereocenters. The Bertz CT molecular complexity index is 753. The number of carbonyl (C=O) groups is 2. The van der Waals surface area contributed by atoms with Crippen LogP contribution < -0.4 is 5.32 Å². The molecule has 2 bridgehead atoms. The summed E-state index contributed by atoms with van der Waals surface area (Å²) in [5.41, 5.74) is 1.69. The molecule has 4 unspecified atom stereocenters. The van der Waals surface area contributed by atoms with Crippen LogP contribution in [-0.4, -0.2) is 35.8 Å². The highest BCUT2D eigenvalue weighted by molar-refractivity contribution is 5.84. The summed E-state index contributed by atoms with van der Waals surface area (Å²) in [6, 6.07) is 10.2. The lowest BCUT2D eigenvalue weighted by molar-refractivity contribution is -0.127. The van der Waals surface area contributed by atoms with E-state index in [0.29, 0.717) is 30.2 Å². The average Bonchev–Trinajstić information content (AvgIpc) is 3.19. The molecule has 0 radical (unpaired) electrons. The van der Waals surface area contributed by atoms with Gasteiger partial charge in [-0.05, 0) is 48.5 Å². The van der Waals surface area contributed by atoms with Crippen LogP contribution in [0.1, 0.15) is 31.2 Å². The van der Waals surface area contributed by atoms with E-state index in [1.165, 1.54) is 18.4 Å². The Labute approximate surface area is 154 Å². The van der Waals surface area contributed by atoms with E-state index in [-0.39, 0.29) is 23.8 Å². The van der Waals surface area contributed by atoms with Crippen molar-refractivity contribution in [2.45, 2.75) is 38.1 Å². The van der Waals surface area contributed by atoms with E-state index in [1.54, 1.807) is 0 Å². The maximum atomic E-state index is 12.8. The molecule has 5 rings (SSSR count). The molecule has 1 spiro atoms. The van der Waals surface area contributed by atoms with Gasteiger partial charge in [0.1, 0.15) is 0 Å². The van der Waals surface area contributed by atoms with Gasteiger partial charge in [0, 0.05) is 25.4 Å². The fraction of sp³-hybridized carbons (Fsp3) is 0.545. The third kappa shape index (κ3) is 2.58. The molecule has 2 saturated carbocycles. The van der Waals surface area contributed by atoms with Crippen LogP contribution in [-0.2, 0) is 16.0 Å². The molecule has 1 heterocycles.